The van der Waals surface area contributed by atoms with Crippen molar-refractivity contribution in [2.75, 3.05) is 6.61 Å². The minimum Gasteiger partial charge on any atom is -0.388 e. The van der Waals surface area contributed by atoms with Crippen molar-refractivity contribution >= 4 is 0 Å². The standard InChI is InChI=1S/C10H21NO2/c1-10(2,12)7-13-9-5-3-8(11)4-6-9/h8-9,12H,3-7,11H2,1-2H3. The second-order valence-corrected chi connectivity index (χ2v) is 4.66. The van der Waals surface area contributed by atoms with Crippen LogP contribution in [0.2, 0.25) is 0 Å². The molecule has 0 amide bonds. The van der Waals surface area contributed by atoms with Crippen LogP contribution >= 0.6 is 0 Å². The summed E-state index contributed by atoms with van der Waals surface area (Å²) in [6, 6.07) is 0.363. The van der Waals surface area contributed by atoms with Crippen molar-refractivity contribution in [3.63, 3.8) is 0 Å². The smallest absolute Gasteiger partial charge is 0.0824 e. The molecule has 3 heteroatoms. The van der Waals surface area contributed by atoms with E-state index in [1.54, 1.807) is 13.8 Å². The number of ether oxygens (including phenoxy) is 1. The highest BCUT2D eigenvalue weighted by Gasteiger charge is 2.21. The van der Waals surface area contributed by atoms with Crippen molar-refractivity contribution in [3.05, 3.63) is 0 Å². The first-order valence-electron chi connectivity index (χ1n) is 5.07. The fourth-order valence-electron chi connectivity index (χ4n) is 1.58. The molecule has 1 aliphatic rings. The predicted octanol–water partition coefficient (Wildman–Crippen LogP) is 1.04. The average molecular weight is 187 g/mol. The summed E-state index contributed by atoms with van der Waals surface area (Å²) in [6.45, 7) is 3.95. The SMILES string of the molecule is CC(C)(O)COC1CCC(N)CC1. The molecule has 1 fully saturated rings. The molecule has 0 aliphatic heterocycles. The van der Waals surface area contributed by atoms with Gasteiger partial charge in [0.25, 0.3) is 0 Å². The molecule has 0 bridgehead atoms. The predicted molar refractivity (Wildman–Crippen MR) is 52.5 cm³/mol. The first-order valence-corrected chi connectivity index (χ1v) is 5.07. The summed E-state index contributed by atoms with van der Waals surface area (Å²) in [5.74, 6) is 0. The summed E-state index contributed by atoms with van der Waals surface area (Å²) in [6.07, 6.45) is 4.49. The number of nitrogens with two attached hydrogens (primary N) is 1. The highest BCUT2D eigenvalue weighted by molar-refractivity contribution is 4.75. The van der Waals surface area contributed by atoms with Gasteiger partial charge >= 0.3 is 0 Å². The third kappa shape index (κ3) is 4.60. The van der Waals surface area contributed by atoms with Crippen molar-refractivity contribution in [2.24, 2.45) is 5.73 Å². The van der Waals surface area contributed by atoms with Gasteiger partial charge in [-0.15, -0.1) is 0 Å². The van der Waals surface area contributed by atoms with E-state index < -0.39 is 5.60 Å². The second-order valence-electron chi connectivity index (χ2n) is 4.66. The van der Waals surface area contributed by atoms with Gasteiger partial charge in [-0.05, 0) is 39.5 Å². The Morgan fingerprint density at radius 2 is 1.85 bits per heavy atom. The van der Waals surface area contributed by atoms with Crippen LogP contribution in [0.3, 0.4) is 0 Å². The van der Waals surface area contributed by atoms with Crippen molar-refractivity contribution in [1.29, 1.82) is 0 Å². The number of rotatable bonds is 3. The van der Waals surface area contributed by atoms with Crippen molar-refractivity contribution in [3.8, 4) is 0 Å². The van der Waals surface area contributed by atoms with E-state index in [4.69, 9.17) is 10.5 Å². The summed E-state index contributed by atoms with van der Waals surface area (Å²) in [5, 5.41) is 9.45. The summed E-state index contributed by atoms with van der Waals surface area (Å²) >= 11 is 0. The Morgan fingerprint density at radius 1 is 1.31 bits per heavy atom. The van der Waals surface area contributed by atoms with E-state index >= 15 is 0 Å². The van der Waals surface area contributed by atoms with Gasteiger partial charge in [0.1, 0.15) is 0 Å². The zero-order valence-corrected chi connectivity index (χ0v) is 8.62. The summed E-state index contributed by atoms with van der Waals surface area (Å²) in [4.78, 5) is 0. The molecule has 13 heavy (non-hydrogen) atoms. The molecule has 1 saturated carbocycles. The van der Waals surface area contributed by atoms with Gasteiger partial charge in [0.2, 0.25) is 0 Å². The maximum atomic E-state index is 9.45. The molecule has 3 nitrogen and oxygen atoms in total. The maximum Gasteiger partial charge on any atom is 0.0824 e. The molecule has 78 valence electrons. The highest BCUT2D eigenvalue weighted by Crippen LogP contribution is 2.20. The molecule has 3 N–H and O–H groups in total. The van der Waals surface area contributed by atoms with Crippen LogP contribution in [-0.4, -0.2) is 29.5 Å². The van der Waals surface area contributed by atoms with E-state index in [-0.39, 0.29) is 0 Å². The van der Waals surface area contributed by atoms with E-state index in [9.17, 15) is 5.11 Å². The molecule has 0 unspecified atom stereocenters. The molecule has 0 spiro atoms. The van der Waals surface area contributed by atoms with Crippen molar-refractivity contribution in [2.45, 2.75) is 57.3 Å². The van der Waals surface area contributed by atoms with Gasteiger partial charge in [0.05, 0.1) is 18.3 Å². The van der Waals surface area contributed by atoms with Crippen LogP contribution in [0.5, 0.6) is 0 Å². The molecule has 0 aromatic heterocycles. The summed E-state index contributed by atoms with van der Waals surface area (Å²) in [5.41, 5.74) is 5.07. The quantitative estimate of drug-likeness (QED) is 0.694. The topological polar surface area (TPSA) is 55.5 Å². The average Bonchev–Trinajstić information content (AvgIpc) is 2.02. The monoisotopic (exact) mass is 187 g/mol. The van der Waals surface area contributed by atoms with E-state index in [1.165, 1.54) is 0 Å². The lowest BCUT2D eigenvalue weighted by Gasteiger charge is -2.28. The van der Waals surface area contributed by atoms with E-state index in [0.29, 0.717) is 18.8 Å². The number of hydrogen-bond donors (Lipinski definition) is 2. The third-order valence-electron chi connectivity index (χ3n) is 2.39. The van der Waals surface area contributed by atoms with Gasteiger partial charge in [-0.25, -0.2) is 0 Å². The van der Waals surface area contributed by atoms with Gasteiger partial charge in [0, 0.05) is 6.04 Å². The van der Waals surface area contributed by atoms with Crippen molar-refractivity contribution in [1.82, 2.24) is 0 Å². The molecule has 1 aliphatic carbocycles. The minimum absolute atomic E-state index is 0.311. The van der Waals surface area contributed by atoms with Gasteiger partial charge in [-0.1, -0.05) is 0 Å². The largest absolute Gasteiger partial charge is 0.388 e. The zero-order chi connectivity index (χ0) is 9.90. The van der Waals surface area contributed by atoms with Crippen LogP contribution < -0.4 is 5.73 Å². The zero-order valence-electron chi connectivity index (χ0n) is 8.62. The van der Waals surface area contributed by atoms with Gasteiger partial charge in [0.15, 0.2) is 0 Å². The van der Waals surface area contributed by atoms with Crippen LogP contribution in [0.1, 0.15) is 39.5 Å². The Labute approximate surface area is 80.3 Å². The summed E-state index contributed by atoms with van der Waals surface area (Å²) in [7, 11) is 0. The van der Waals surface area contributed by atoms with Crippen LogP contribution in [0.4, 0.5) is 0 Å². The molecule has 0 aromatic rings. The summed E-state index contributed by atoms with van der Waals surface area (Å²) < 4.78 is 5.59. The molecule has 0 heterocycles. The number of hydrogen-bond acceptors (Lipinski definition) is 3. The van der Waals surface area contributed by atoms with E-state index in [1.807, 2.05) is 0 Å². The Morgan fingerprint density at radius 3 is 2.31 bits per heavy atom. The number of aliphatic hydroxyl groups is 1. The van der Waals surface area contributed by atoms with Crippen LogP contribution in [0.25, 0.3) is 0 Å². The third-order valence-corrected chi connectivity index (χ3v) is 2.39. The Hall–Kier alpha value is -0.120. The minimum atomic E-state index is -0.709. The van der Waals surface area contributed by atoms with E-state index in [2.05, 4.69) is 0 Å². The highest BCUT2D eigenvalue weighted by atomic mass is 16.5. The first kappa shape index (κ1) is 11.0. The lowest BCUT2D eigenvalue weighted by Crippen LogP contribution is -2.34. The van der Waals surface area contributed by atoms with Crippen molar-refractivity contribution < 1.29 is 9.84 Å². The fourth-order valence-corrected chi connectivity index (χ4v) is 1.58. The lowest BCUT2D eigenvalue weighted by molar-refractivity contribution is -0.0634. The molecular weight excluding hydrogens is 166 g/mol. The first-order chi connectivity index (χ1) is 5.97. The van der Waals surface area contributed by atoms with Gasteiger partial charge in [-0.2, -0.15) is 0 Å². The van der Waals surface area contributed by atoms with Gasteiger partial charge in [-0.3, -0.25) is 0 Å². The molecule has 0 saturated heterocycles. The Kier molecular flexibility index (Phi) is 3.71. The Bertz CT molecular complexity index is 145. The Balaban J connectivity index is 2.16. The molecular formula is C10H21NO2. The molecule has 0 radical (unpaired) electrons. The van der Waals surface area contributed by atoms with E-state index in [0.717, 1.165) is 25.7 Å². The fraction of sp³-hybridized carbons (Fsp3) is 1.00. The normalized spacial score (nSPS) is 30.5. The van der Waals surface area contributed by atoms with Crippen LogP contribution in [0, 0.1) is 0 Å². The maximum absolute atomic E-state index is 9.45. The van der Waals surface area contributed by atoms with Gasteiger partial charge < -0.3 is 15.6 Å². The molecule has 0 atom stereocenters. The second kappa shape index (κ2) is 4.40. The van der Waals surface area contributed by atoms with Crippen LogP contribution in [-0.2, 0) is 4.74 Å². The molecule has 1 rings (SSSR count). The molecule has 0 aromatic carbocycles. The van der Waals surface area contributed by atoms with Crippen LogP contribution in [0.15, 0.2) is 0 Å². The lowest BCUT2D eigenvalue weighted by atomic mass is 9.93.